The highest BCUT2D eigenvalue weighted by Gasteiger charge is 2.85. The molecular weight excluding hydrogens is 580 g/mol. The Labute approximate surface area is 282 Å². The molecule has 46 heavy (non-hydrogen) atoms. The van der Waals surface area contributed by atoms with Crippen LogP contribution in [0, 0.1) is 0 Å². The Morgan fingerprint density at radius 2 is 0.870 bits per heavy atom. The van der Waals surface area contributed by atoms with Gasteiger partial charge in [-0.2, -0.15) is 9.68 Å². The summed E-state index contributed by atoms with van der Waals surface area (Å²) in [7, 11) is 0. The van der Waals surface area contributed by atoms with Gasteiger partial charge < -0.3 is 19.8 Å². The van der Waals surface area contributed by atoms with Crippen molar-refractivity contribution >= 4 is 11.9 Å². The zero-order valence-corrected chi connectivity index (χ0v) is 31.7. The van der Waals surface area contributed by atoms with Crippen LogP contribution in [0.25, 0.3) is 0 Å². The number of hydrogen-bond acceptors (Lipinski definition) is 6. The van der Waals surface area contributed by atoms with Crippen molar-refractivity contribution in [3.63, 3.8) is 0 Å². The van der Waals surface area contributed by atoms with E-state index < -0.39 is 46.2 Å². The van der Waals surface area contributed by atoms with Gasteiger partial charge in [-0.1, -0.05) is 78.1 Å². The van der Waals surface area contributed by atoms with Crippen LogP contribution in [-0.4, -0.2) is 62.3 Å². The predicted molar refractivity (Wildman–Crippen MR) is 181 cm³/mol. The molecule has 2 saturated heterocycles. The van der Waals surface area contributed by atoms with Gasteiger partial charge in [-0.3, -0.25) is 0 Å². The largest absolute Gasteiger partial charge is 0.550 e. The van der Waals surface area contributed by atoms with Crippen LogP contribution in [0.1, 0.15) is 191 Å². The van der Waals surface area contributed by atoms with Crippen molar-refractivity contribution in [3.8, 4) is 0 Å². The van der Waals surface area contributed by atoms with Crippen molar-refractivity contribution in [1.82, 2.24) is 0 Å². The highest BCUT2D eigenvalue weighted by atomic mass is 16.8. The summed E-state index contributed by atoms with van der Waals surface area (Å²) in [6.07, 6.45) is 16.5. The molecule has 0 aliphatic carbocycles. The first-order valence-corrected chi connectivity index (χ1v) is 18.9. The number of carbonyl (C=O) groups is 2. The van der Waals surface area contributed by atoms with E-state index >= 15 is 0 Å². The standard InChI is InChI=1S/C38H72N2O6/c1-11-13-15-17-19-21-29-45-39(34(3,4)25-23-26-35(39,5)6)38(33(43)44,31-32(41)42)40(46-30-22-20-18-16-14-12-2)36(7,8)27-24-28-37(40,9)10/h11-31H2,1-10H3. The summed E-state index contributed by atoms with van der Waals surface area (Å²) < 4.78 is -0.747. The number of unbranched alkanes of at least 4 members (excludes halogenated alkanes) is 10. The quantitative estimate of drug-likeness (QED) is 0.0955. The number of carboxylic acid groups (broad SMARTS) is 2. The van der Waals surface area contributed by atoms with Crippen molar-refractivity contribution < 1.29 is 38.8 Å². The average Bonchev–Trinajstić information content (AvgIpc) is 2.92. The third kappa shape index (κ3) is 7.50. The molecular formula is C38H72N2O6. The van der Waals surface area contributed by atoms with E-state index in [2.05, 4.69) is 69.2 Å². The van der Waals surface area contributed by atoms with E-state index in [-0.39, 0.29) is 9.29 Å². The van der Waals surface area contributed by atoms with Gasteiger partial charge in [-0.25, -0.2) is 0 Å². The molecule has 0 spiro atoms. The van der Waals surface area contributed by atoms with Gasteiger partial charge in [0, 0.05) is 25.7 Å². The summed E-state index contributed by atoms with van der Waals surface area (Å²) >= 11 is 0. The molecule has 0 aromatic heterocycles. The fourth-order valence-electron chi connectivity index (χ4n) is 10.2. The van der Waals surface area contributed by atoms with Crippen LogP contribution in [0.2, 0.25) is 0 Å². The summed E-state index contributed by atoms with van der Waals surface area (Å²) in [5, 5.41) is 27.7. The molecule has 2 rings (SSSR count). The van der Waals surface area contributed by atoms with Gasteiger partial charge in [0.1, 0.15) is 41.8 Å². The summed E-state index contributed by atoms with van der Waals surface area (Å²) in [5.41, 5.74) is -5.21. The molecule has 0 aromatic carbocycles. The van der Waals surface area contributed by atoms with Gasteiger partial charge in [0.05, 0.1) is 5.97 Å². The van der Waals surface area contributed by atoms with Crippen LogP contribution in [0.5, 0.6) is 0 Å². The molecule has 0 atom stereocenters. The molecule has 0 saturated carbocycles. The van der Waals surface area contributed by atoms with Gasteiger partial charge in [-0.15, -0.1) is 9.29 Å². The van der Waals surface area contributed by atoms with Crippen LogP contribution >= 0.6 is 0 Å². The smallest absolute Gasteiger partial charge is 0.332 e. The monoisotopic (exact) mass is 653 g/mol. The molecule has 0 radical (unpaired) electrons. The number of likely N-dealkylation sites (tertiary alicyclic amines) is 2. The second-order valence-electron chi connectivity index (χ2n) is 17.0. The van der Waals surface area contributed by atoms with Crippen LogP contribution in [-0.2, 0) is 19.3 Å². The minimum atomic E-state index is -2.15. The molecule has 2 aliphatic rings. The van der Waals surface area contributed by atoms with Crippen LogP contribution in [0.15, 0.2) is 0 Å². The first-order valence-electron chi connectivity index (χ1n) is 18.9. The van der Waals surface area contributed by atoms with E-state index in [1.165, 1.54) is 25.7 Å². The Hall–Kier alpha value is -1.22. The Morgan fingerprint density at radius 3 is 1.15 bits per heavy atom. The molecule has 0 bridgehead atoms. The van der Waals surface area contributed by atoms with Gasteiger partial charge in [0.15, 0.2) is 5.97 Å². The number of piperidine rings is 2. The van der Waals surface area contributed by atoms with E-state index in [0.717, 1.165) is 64.2 Å². The number of carboxylic acids is 2. The number of aliphatic carboxylic acids is 2. The number of rotatable bonds is 21. The van der Waals surface area contributed by atoms with Crippen LogP contribution in [0.4, 0.5) is 0 Å². The summed E-state index contributed by atoms with van der Waals surface area (Å²) in [6.45, 7) is 21.6. The Bertz CT molecular complexity index is 880. The zero-order valence-electron chi connectivity index (χ0n) is 31.7. The molecule has 2 heterocycles. The van der Waals surface area contributed by atoms with Gasteiger partial charge in [0.2, 0.25) is 0 Å². The number of hydroxylamine groups is 6. The third-order valence-corrected chi connectivity index (χ3v) is 11.9. The first kappa shape index (κ1) is 41.0. The lowest BCUT2D eigenvalue weighted by atomic mass is 9.69. The molecule has 0 amide bonds. The van der Waals surface area contributed by atoms with E-state index in [9.17, 15) is 19.8 Å². The minimum absolute atomic E-state index is 0.333. The molecule has 0 aromatic rings. The molecule has 2 aliphatic heterocycles. The summed E-state index contributed by atoms with van der Waals surface area (Å²) in [5.74, 6) is -2.84. The average molecular weight is 653 g/mol. The lowest BCUT2D eigenvalue weighted by Crippen LogP contribution is -2.97. The number of hydrogen-bond donors (Lipinski definition) is 0. The molecule has 270 valence electrons. The van der Waals surface area contributed by atoms with Crippen molar-refractivity contribution in [2.75, 3.05) is 13.2 Å². The second-order valence-corrected chi connectivity index (χ2v) is 17.0. The predicted octanol–water partition coefficient (Wildman–Crippen LogP) is 7.27. The highest BCUT2D eigenvalue weighted by Crippen LogP contribution is 2.62. The van der Waals surface area contributed by atoms with Crippen molar-refractivity contribution in [2.24, 2.45) is 0 Å². The maximum atomic E-state index is 14.5. The second kappa shape index (κ2) is 16.5. The lowest BCUT2D eigenvalue weighted by molar-refractivity contribution is -1.36. The molecule has 0 unspecified atom stereocenters. The number of quaternary nitrogens is 2. The third-order valence-electron chi connectivity index (χ3n) is 11.9. The Kier molecular flexibility index (Phi) is 14.6. The highest BCUT2D eigenvalue weighted by molar-refractivity contribution is 5.80. The Balaban J connectivity index is 2.91. The van der Waals surface area contributed by atoms with Crippen molar-refractivity contribution in [2.45, 2.75) is 219 Å². The fraction of sp³-hybridized carbons (Fsp3) is 0.947. The van der Waals surface area contributed by atoms with Gasteiger partial charge in [-0.05, 0) is 81.1 Å². The summed E-state index contributed by atoms with van der Waals surface area (Å²) in [6, 6.07) is 0. The molecule has 2 fully saturated rings. The van der Waals surface area contributed by atoms with Crippen molar-refractivity contribution in [1.29, 1.82) is 0 Å². The zero-order chi connectivity index (χ0) is 34.9. The first-order chi connectivity index (χ1) is 21.4. The van der Waals surface area contributed by atoms with Crippen LogP contribution in [0.3, 0.4) is 0 Å². The molecule has 8 heteroatoms. The van der Waals surface area contributed by atoms with Gasteiger partial charge in [0.25, 0.3) is 0 Å². The van der Waals surface area contributed by atoms with E-state index in [4.69, 9.17) is 9.68 Å². The molecule has 8 nitrogen and oxygen atoms in total. The normalized spacial score (nSPS) is 22.7. The lowest BCUT2D eigenvalue weighted by Gasteiger charge is -2.73. The van der Waals surface area contributed by atoms with E-state index in [1.807, 2.05) is 0 Å². The topological polar surface area (TPSA) is 98.7 Å². The van der Waals surface area contributed by atoms with E-state index in [0.29, 0.717) is 38.9 Å². The molecule has 0 N–H and O–H groups in total. The SMILES string of the molecule is CCCCCCCCO[N+]1(C(CC(=O)[O-])(C(=O)[O-])[N+]2(OCCCCCCCC)C(C)(C)CCCC2(C)C)C(C)(C)CCCC1(C)C. The fourth-order valence-corrected chi connectivity index (χ4v) is 10.2. The maximum Gasteiger partial charge on any atom is 0.332 e. The van der Waals surface area contributed by atoms with Crippen molar-refractivity contribution in [3.05, 3.63) is 0 Å². The Morgan fingerprint density at radius 1 is 0.565 bits per heavy atom. The van der Waals surface area contributed by atoms with Crippen LogP contribution < -0.4 is 10.2 Å². The number of nitrogens with zero attached hydrogens (tertiary/aromatic N) is 2. The number of carbonyl (C=O) groups excluding carboxylic acids is 2. The van der Waals surface area contributed by atoms with E-state index in [1.54, 1.807) is 0 Å². The summed E-state index contributed by atoms with van der Waals surface area (Å²) in [4.78, 5) is 42.1. The minimum Gasteiger partial charge on any atom is -0.550 e. The van der Waals surface area contributed by atoms with Gasteiger partial charge >= 0.3 is 5.66 Å². The maximum absolute atomic E-state index is 14.5.